The molecule has 0 radical (unpaired) electrons. The van der Waals surface area contributed by atoms with Crippen LogP contribution in [0.1, 0.15) is 47.1 Å². The van der Waals surface area contributed by atoms with E-state index in [0.717, 1.165) is 16.7 Å². The number of anilines is 1. The Morgan fingerprint density at radius 2 is 1.42 bits per heavy atom. The minimum Gasteiger partial charge on any atom is -0.497 e. The number of carbonyl (C=O) groups excluding carboxylic acids is 1. The van der Waals surface area contributed by atoms with Gasteiger partial charge in [0, 0.05) is 11.6 Å². The van der Waals surface area contributed by atoms with Crippen molar-refractivity contribution in [3.05, 3.63) is 144 Å². The molecular weight excluding hydrogens is 677 g/mol. The van der Waals surface area contributed by atoms with Gasteiger partial charge in [0.25, 0.3) is 5.91 Å². The first kappa shape index (κ1) is 35.7. The van der Waals surface area contributed by atoms with Crippen LogP contribution in [0.15, 0.2) is 122 Å². The van der Waals surface area contributed by atoms with Crippen molar-refractivity contribution in [2.75, 3.05) is 25.7 Å². The predicted octanol–water partition coefficient (Wildman–Crippen LogP) is 6.50. The van der Waals surface area contributed by atoms with Gasteiger partial charge in [-0.2, -0.15) is 0 Å². The number of alkyl halides is 1. The van der Waals surface area contributed by atoms with E-state index in [1.165, 1.54) is 22.1 Å². The lowest BCUT2D eigenvalue weighted by Gasteiger charge is -2.37. The highest BCUT2D eigenvalue weighted by Gasteiger charge is 2.48. The summed E-state index contributed by atoms with van der Waals surface area (Å²) in [5.74, 6) is 1.35. The van der Waals surface area contributed by atoms with E-state index in [-0.39, 0.29) is 35.5 Å². The summed E-state index contributed by atoms with van der Waals surface area (Å²) in [5.41, 5.74) is 2.18. The quantitative estimate of drug-likeness (QED) is 0.141. The number of imidazole rings is 1. The maximum absolute atomic E-state index is 16.2. The fourth-order valence-electron chi connectivity index (χ4n) is 6.84. The largest absolute Gasteiger partial charge is 0.497 e. The van der Waals surface area contributed by atoms with Crippen LogP contribution in [0.3, 0.4) is 0 Å². The van der Waals surface area contributed by atoms with Gasteiger partial charge in [-0.3, -0.25) is 14.3 Å². The number of benzene rings is 4. The van der Waals surface area contributed by atoms with Crippen LogP contribution in [-0.2, 0) is 15.1 Å². The first-order valence-electron chi connectivity index (χ1n) is 17.3. The highest BCUT2D eigenvalue weighted by atomic mass is 19.1. The van der Waals surface area contributed by atoms with Crippen LogP contribution < -0.4 is 14.4 Å². The molecule has 272 valence electrons. The first-order chi connectivity index (χ1) is 25.8. The van der Waals surface area contributed by atoms with Crippen molar-refractivity contribution in [2.24, 2.45) is 0 Å². The van der Waals surface area contributed by atoms with Crippen LogP contribution in [0.4, 0.5) is 10.2 Å². The standard InChI is InChI=1S/C41H40FN5O6/c1-26(2)47(39(49)27-11-7-5-8-12-27)38-35-37(43-24-44-38)46(25-45-35)40-34(42)36(48)33(53-40)23-52-41(28-13-9-6-10-14-28,29-15-19-31(50-3)20-16-29)30-17-21-32(51-4)22-18-30/h5-22,24-26,33-34,36,40,48H,23H2,1-4H3. The summed E-state index contributed by atoms with van der Waals surface area (Å²) in [7, 11) is 3.20. The summed E-state index contributed by atoms with van der Waals surface area (Å²) < 4.78 is 41.7. The molecule has 53 heavy (non-hydrogen) atoms. The lowest BCUT2D eigenvalue weighted by Crippen LogP contribution is -2.39. The van der Waals surface area contributed by atoms with E-state index in [1.807, 2.05) is 98.8 Å². The summed E-state index contributed by atoms with van der Waals surface area (Å²) in [5, 5.41) is 11.3. The van der Waals surface area contributed by atoms with E-state index in [4.69, 9.17) is 18.9 Å². The number of nitrogens with zero attached hydrogens (tertiary/aromatic N) is 5. The fraction of sp³-hybridized carbons (Fsp3) is 0.268. The Hall–Kier alpha value is -5.69. The van der Waals surface area contributed by atoms with E-state index in [1.54, 1.807) is 38.5 Å². The van der Waals surface area contributed by atoms with Gasteiger partial charge in [0.15, 0.2) is 29.4 Å². The van der Waals surface area contributed by atoms with Gasteiger partial charge >= 0.3 is 0 Å². The molecule has 1 N–H and O–H groups in total. The molecule has 1 aliphatic heterocycles. The molecule has 1 aliphatic rings. The number of ether oxygens (including phenoxy) is 4. The third-order valence-corrected chi connectivity index (χ3v) is 9.53. The van der Waals surface area contributed by atoms with Crippen molar-refractivity contribution in [1.82, 2.24) is 19.5 Å². The molecule has 7 rings (SSSR count). The summed E-state index contributed by atoms with van der Waals surface area (Å²) >= 11 is 0. The summed E-state index contributed by atoms with van der Waals surface area (Å²) in [6.07, 6.45) is -3.09. The van der Waals surface area contributed by atoms with Gasteiger partial charge in [0.05, 0.1) is 27.2 Å². The monoisotopic (exact) mass is 717 g/mol. The zero-order valence-corrected chi connectivity index (χ0v) is 29.7. The molecule has 3 heterocycles. The molecule has 0 spiro atoms. The normalized spacial score (nSPS) is 18.7. The Morgan fingerprint density at radius 3 is 1.98 bits per heavy atom. The zero-order chi connectivity index (χ0) is 37.1. The molecule has 0 bridgehead atoms. The van der Waals surface area contributed by atoms with Gasteiger partial charge in [-0.25, -0.2) is 19.3 Å². The molecular formula is C41H40FN5O6. The number of carbonyl (C=O) groups is 1. The first-order valence-corrected chi connectivity index (χ1v) is 17.3. The fourth-order valence-corrected chi connectivity index (χ4v) is 6.84. The van der Waals surface area contributed by atoms with Crippen LogP contribution in [0.2, 0.25) is 0 Å². The van der Waals surface area contributed by atoms with Crippen LogP contribution >= 0.6 is 0 Å². The molecule has 1 fully saturated rings. The van der Waals surface area contributed by atoms with E-state index in [9.17, 15) is 9.90 Å². The smallest absolute Gasteiger partial charge is 0.259 e. The SMILES string of the molecule is COc1ccc(C(OCC2OC(n3cnc4c(N(C(=O)c5ccccc5)C(C)C)ncnc43)C(F)C2O)(c2ccccc2)c2ccc(OC)cc2)cc1. The van der Waals surface area contributed by atoms with Crippen LogP contribution in [0.25, 0.3) is 11.2 Å². The van der Waals surface area contributed by atoms with Gasteiger partial charge in [-0.05, 0) is 66.9 Å². The summed E-state index contributed by atoms with van der Waals surface area (Å²) in [6.45, 7) is 3.56. The lowest BCUT2D eigenvalue weighted by molar-refractivity contribution is -0.0935. The maximum atomic E-state index is 16.2. The average molecular weight is 718 g/mol. The van der Waals surface area contributed by atoms with Gasteiger partial charge < -0.3 is 24.1 Å². The summed E-state index contributed by atoms with van der Waals surface area (Å²) in [6, 6.07) is 33.3. The van der Waals surface area contributed by atoms with Crippen molar-refractivity contribution < 1.29 is 33.2 Å². The minimum atomic E-state index is -1.86. The van der Waals surface area contributed by atoms with Gasteiger partial charge in [0.1, 0.15) is 35.6 Å². The number of aliphatic hydroxyl groups excluding tert-OH is 1. The Balaban J connectivity index is 1.22. The third kappa shape index (κ3) is 6.61. The topological polar surface area (TPSA) is 121 Å². The summed E-state index contributed by atoms with van der Waals surface area (Å²) in [4.78, 5) is 28.5. The average Bonchev–Trinajstić information content (AvgIpc) is 3.76. The molecule has 0 aliphatic carbocycles. The molecule has 4 aromatic carbocycles. The number of aliphatic hydroxyl groups is 1. The number of halogens is 1. The van der Waals surface area contributed by atoms with Gasteiger partial charge in [0.2, 0.25) is 0 Å². The molecule has 2 aromatic heterocycles. The number of amides is 1. The Kier molecular flexibility index (Phi) is 10.2. The molecule has 4 atom stereocenters. The molecule has 6 aromatic rings. The minimum absolute atomic E-state index is 0.190. The van der Waals surface area contributed by atoms with Crippen LogP contribution in [-0.4, -0.2) is 75.8 Å². The molecule has 1 saturated heterocycles. The number of hydrogen-bond donors (Lipinski definition) is 1. The van der Waals surface area contributed by atoms with Crippen molar-refractivity contribution in [3.63, 3.8) is 0 Å². The van der Waals surface area contributed by atoms with Crippen molar-refractivity contribution in [3.8, 4) is 11.5 Å². The van der Waals surface area contributed by atoms with E-state index in [0.29, 0.717) is 17.1 Å². The number of aromatic nitrogens is 4. The van der Waals surface area contributed by atoms with E-state index in [2.05, 4.69) is 15.0 Å². The molecule has 0 saturated carbocycles. The second-order valence-corrected chi connectivity index (χ2v) is 13.0. The Bertz CT molecular complexity index is 2100. The van der Waals surface area contributed by atoms with Crippen molar-refractivity contribution in [1.29, 1.82) is 0 Å². The van der Waals surface area contributed by atoms with Crippen molar-refractivity contribution in [2.45, 2.75) is 50.1 Å². The highest BCUT2D eigenvalue weighted by molar-refractivity contribution is 6.08. The van der Waals surface area contributed by atoms with E-state index >= 15 is 4.39 Å². The number of hydrogen-bond acceptors (Lipinski definition) is 9. The van der Waals surface area contributed by atoms with Crippen LogP contribution in [0, 0.1) is 0 Å². The van der Waals surface area contributed by atoms with Crippen LogP contribution in [0.5, 0.6) is 11.5 Å². The van der Waals surface area contributed by atoms with E-state index < -0.39 is 30.2 Å². The number of rotatable bonds is 12. The Morgan fingerprint density at radius 1 is 0.849 bits per heavy atom. The predicted molar refractivity (Wildman–Crippen MR) is 197 cm³/mol. The zero-order valence-electron chi connectivity index (χ0n) is 29.7. The second-order valence-electron chi connectivity index (χ2n) is 13.0. The molecule has 4 unspecified atom stereocenters. The Labute approximate surface area is 306 Å². The highest BCUT2D eigenvalue weighted by Crippen LogP contribution is 2.43. The van der Waals surface area contributed by atoms with Gasteiger partial charge in [-0.1, -0.05) is 72.8 Å². The molecule has 1 amide bonds. The molecule has 11 nitrogen and oxygen atoms in total. The lowest BCUT2D eigenvalue weighted by atomic mass is 9.80. The number of fused-ring (bicyclic) bond motifs is 1. The third-order valence-electron chi connectivity index (χ3n) is 9.53. The van der Waals surface area contributed by atoms with Crippen molar-refractivity contribution >= 4 is 22.9 Å². The van der Waals surface area contributed by atoms with Gasteiger partial charge in [-0.15, -0.1) is 0 Å². The molecule has 12 heteroatoms. The number of methoxy groups -OCH3 is 2. The maximum Gasteiger partial charge on any atom is 0.259 e. The second kappa shape index (κ2) is 15.1.